The molecule has 0 aliphatic heterocycles. The molecule has 0 heterocycles. The molecule has 0 aromatic heterocycles. The summed E-state index contributed by atoms with van der Waals surface area (Å²) >= 11 is 0. The van der Waals surface area contributed by atoms with Gasteiger partial charge in [-0.2, -0.15) is 0 Å². The number of methoxy groups -OCH3 is 1. The molecule has 0 aromatic carbocycles. The summed E-state index contributed by atoms with van der Waals surface area (Å²) in [7, 11) is 1.69. The lowest BCUT2D eigenvalue weighted by Crippen LogP contribution is -2.45. The van der Waals surface area contributed by atoms with Crippen molar-refractivity contribution < 1.29 is 9.53 Å². The van der Waals surface area contributed by atoms with Crippen LogP contribution in [0.15, 0.2) is 0 Å². The van der Waals surface area contributed by atoms with Crippen molar-refractivity contribution in [1.29, 1.82) is 0 Å². The Hall–Kier alpha value is -0.610. The molecule has 1 amide bonds. The molecular weight excluding hydrogens is 204 g/mol. The molecule has 4 nitrogen and oxygen atoms in total. The Balaban J connectivity index is 4.04. The molecule has 3 N–H and O–H groups in total. The van der Waals surface area contributed by atoms with Gasteiger partial charge in [0.25, 0.3) is 0 Å². The highest BCUT2D eigenvalue weighted by atomic mass is 16.5. The van der Waals surface area contributed by atoms with E-state index < -0.39 is 5.41 Å². The molecule has 0 spiro atoms. The van der Waals surface area contributed by atoms with E-state index in [2.05, 4.69) is 12.2 Å². The van der Waals surface area contributed by atoms with Crippen LogP contribution in [-0.4, -0.2) is 32.2 Å². The number of unbranched alkanes of at least 4 members (excludes halogenated alkanes) is 1. The number of nitrogens with one attached hydrogen (secondary N) is 1. The smallest absolute Gasteiger partial charge is 0.224 e. The van der Waals surface area contributed by atoms with Crippen LogP contribution < -0.4 is 11.1 Å². The number of carbonyl (C=O) groups excluding carboxylic acids is 1. The molecule has 0 aromatic rings. The van der Waals surface area contributed by atoms with Crippen LogP contribution in [0.5, 0.6) is 0 Å². The summed E-state index contributed by atoms with van der Waals surface area (Å²) in [5.41, 5.74) is 4.82. The van der Waals surface area contributed by atoms with Gasteiger partial charge in [0.2, 0.25) is 5.91 Å². The van der Waals surface area contributed by atoms with Gasteiger partial charge >= 0.3 is 0 Å². The van der Waals surface area contributed by atoms with Crippen molar-refractivity contribution in [3.05, 3.63) is 0 Å². The van der Waals surface area contributed by atoms with E-state index in [0.29, 0.717) is 19.2 Å². The largest absolute Gasteiger partial charge is 0.383 e. The Morgan fingerprint density at radius 1 is 1.50 bits per heavy atom. The van der Waals surface area contributed by atoms with E-state index >= 15 is 0 Å². The predicted molar refractivity (Wildman–Crippen MR) is 66.2 cm³/mol. The molecule has 1 unspecified atom stereocenters. The van der Waals surface area contributed by atoms with Gasteiger partial charge in [-0.15, -0.1) is 0 Å². The maximum Gasteiger partial charge on any atom is 0.224 e. The third-order valence-electron chi connectivity index (χ3n) is 2.77. The van der Waals surface area contributed by atoms with Crippen molar-refractivity contribution in [1.82, 2.24) is 5.32 Å². The fraction of sp³-hybridized carbons (Fsp3) is 0.917. The summed E-state index contributed by atoms with van der Waals surface area (Å²) in [6.45, 7) is 7.14. The predicted octanol–water partition coefficient (Wildman–Crippen LogP) is 1.29. The molecule has 0 saturated heterocycles. The van der Waals surface area contributed by atoms with Crippen molar-refractivity contribution in [3.8, 4) is 0 Å². The van der Waals surface area contributed by atoms with Crippen LogP contribution in [0.2, 0.25) is 0 Å². The maximum absolute atomic E-state index is 11.2. The van der Waals surface area contributed by atoms with Gasteiger partial charge in [-0.05, 0) is 20.3 Å². The van der Waals surface area contributed by atoms with Crippen molar-refractivity contribution in [3.63, 3.8) is 0 Å². The van der Waals surface area contributed by atoms with Crippen LogP contribution in [0, 0.1) is 5.41 Å². The second-order valence-corrected chi connectivity index (χ2v) is 4.92. The van der Waals surface area contributed by atoms with Gasteiger partial charge in [-0.25, -0.2) is 0 Å². The van der Waals surface area contributed by atoms with Crippen molar-refractivity contribution >= 4 is 5.91 Å². The minimum absolute atomic E-state index is 0.272. The Bertz CT molecular complexity index is 205. The van der Waals surface area contributed by atoms with Crippen molar-refractivity contribution in [2.45, 2.75) is 46.1 Å². The van der Waals surface area contributed by atoms with Crippen LogP contribution in [0.3, 0.4) is 0 Å². The molecule has 1 atom stereocenters. The average molecular weight is 230 g/mol. The molecule has 0 aliphatic carbocycles. The summed E-state index contributed by atoms with van der Waals surface area (Å²) in [5.74, 6) is -0.272. The molecule has 96 valence electrons. The second kappa shape index (κ2) is 7.63. The third-order valence-corrected chi connectivity index (χ3v) is 2.77. The lowest BCUT2D eigenvalue weighted by Gasteiger charge is -2.25. The van der Waals surface area contributed by atoms with Gasteiger partial charge < -0.3 is 15.8 Å². The first-order valence-corrected chi connectivity index (χ1v) is 5.96. The normalized spacial score (nSPS) is 13.8. The Morgan fingerprint density at radius 2 is 2.12 bits per heavy atom. The molecule has 0 aliphatic rings. The zero-order valence-corrected chi connectivity index (χ0v) is 11.0. The first-order chi connectivity index (χ1) is 7.44. The molecule has 0 saturated carbocycles. The lowest BCUT2D eigenvalue weighted by molar-refractivity contribution is -0.125. The fourth-order valence-electron chi connectivity index (χ4n) is 1.38. The number of primary amides is 1. The van der Waals surface area contributed by atoms with Gasteiger partial charge in [0.1, 0.15) is 0 Å². The summed E-state index contributed by atoms with van der Waals surface area (Å²) < 4.78 is 5.15. The van der Waals surface area contributed by atoms with Gasteiger partial charge in [0, 0.05) is 19.7 Å². The quantitative estimate of drug-likeness (QED) is 0.627. The summed E-state index contributed by atoms with van der Waals surface area (Å²) in [5, 5.41) is 3.35. The van der Waals surface area contributed by atoms with Crippen LogP contribution >= 0.6 is 0 Å². The summed E-state index contributed by atoms with van der Waals surface area (Å²) in [4.78, 5) is 11.2. The molecule has 0 rings (SSSR count). The van der Waals surface area contributed by atoms with Gasteiger partial charge in [0.05, 0.1) is 12.0 Å². The van der Waals surface area contributed by atoms with Crippen molar-refractivity contribution in [2.24, 2.45) is 11.1 Å². The van der Waals surface area contributed by atoms with E-state index in [9.17, 15) is 4.79 Å². The first-order valence-electron chi connectivity index (χ1n) is 5.96. The summed E-state index contributed by atoms with van der Waals surface area (Å²) in [6, 6.07) is 0.309. The Morgan fingerprint density at radius 3 is 2.56 bits per heavy atom. The summed E-state index contributed by atoms with van der Waals surface area (Å²) in [6.07, 6.45) is 3.40. The van der Waals surface area contributed by atoms with E-state index in [1.54, 1.807) is 7.11 Å². The SMILES string of the molecule is CCCCC(COC)NCC(C)(C)C(N)=O. The maximum atomic E-state index is 11.2. The number of rotatable bonds is 9. The standard InChI is InChI=1S/C12H26N2O2/c1-5-6-7-10(8-16-4)14-9-12(2,3)11(13)15/h10,14H,5-9H2,1-4H3,(H2,13,15). The minimum Gasteiger partial charge on any atom is -0.383 e. The monoisotopic (exact) mass is 230 g/mol. The van der Waals surface area contributed by atoms with E-state index in [1.165, 1.54) is 6.42 Å². The molecule has 0 radical (unpaired) electrons. The second-order valence-electron chi connectivity index (χ2n) is 4.92. The van der Waals surface area contributed by atoms with Crippen LogP contribution in [0.25, 0.3) is 0 Å². The number of nitrogens with two attached hydrogens (primary N) is 1. The number of ether oxygens (including phenoxy) is 1. The zero-order chi connectivity index (χ0) is 12.6. The topological polar surface area (TPSA) is 64.3 Å². The molecule has 0 bridgehead atoms. The lowest BCUT2D eigenvalue weighted by atomic mass is 9.92. The molecule has 0 fully saturated rings. The third kappa shape index (κ3) is 6.08. The first kappa shape index (κ1) is 15.4. The average Bonchev–Trinajstić information content (AvgIpc) is 2.22. The Kier molecular flexibility index (Phi) is 7.34. The van der Waals surface area contributed by atoms with Crippen LogP contribution in [-0.2, 0) is 9.53 Å². The highest BCUT2D eigenvalue weighted by Gasteiger charge is 2.25. The van der Waals surface area contributed by atoms with Crippen LogP contribution in [0.4, 0.5) is 0 Å². The van der Waals surface area contributed by atoms with E-state index in [1.807, 2.05) is 13.8 Å². The highest BCUT2D eigenvalue weighted by Crippen LogP contribution is 2.13. The van der Waals surface area contributed by atoms with Crippen LogP contribution in [0.1, 0.15) is 40.0 Å². The van der Waals surface area contributed by atoms with Gasteiger partial charge in [-0.1, -0.05) is 19.8 Å². The van der Waals surface area contributed by atoms with E-state index in [0.717, 1.165) is 12.8 Å². The van der Waals surface area contributed by atoms with E-state index in [-0.39, 0.29) is 5.91 Å². The van der Waals surface area contributed by atoms with Gasteiger partial charge in [0.15, 0.2) is 0 Å². The minimum atomic E-state index is -0.502. The zero-order valence-electron chi connectivity index (χ0n) is 11.0. The molecular formula is C12H26N2O2. The number of hydrogen-bond acceptors (Lipinski definition) is 3. The van der Waals surface area contributed by atoms with E-state index in [4.69, 9.17) is 10.5 Å². The Labute approximate surface area is 98.9 Å². The van der Waals surface area contributed by atoms with Crippen molar-refractivity contribution in [2.75, 3.05) is 20.3 Å². The molecule has 4 heteroatoms. The fourth-order valence-corrected chi connectivity index (χ4v) is 1.38. The number of hydrogen-bond donors (Lipinski definition) is 2. The molecule has 16 heavy (non-hydrogen) atoms. The number of amides is 1. The number of carbonyl (C=O) groups is 1. The highest BCUT2D eigenvalue weighted by molar-refractivity contribution is 5.80. The van der Waals surface area contributed by atoms with Gasteiger partial charge in [-0.3, -0.25) is 4.79 Å².